The molecule has 0 radical (unpaired) electrons. The fourth-order valence-electron chi connectivity index (χ4n) is 1.57. The summed E-state index contributed by atoms with van der Waals surface area (Å²) in [5, 5.41) is 8.18. The molecule has 0 fully saturated rings. The Morgan fingerprint density at radius 2 is 1.70 bits per heavy atom. The molecule has 8 heteroatoms. The molecule has 0 heterocycles. The Morgan fingerprint density at radius 1 is 1.00 bits per heavy atom. The molecule has 2 rings (SSSR count). The summed E-state index contributed by atoms with van der Waals surface area (Å²) < 4.78 is 24.2. The van der Waals surface area contributed by atoms with Crippen LogP contribution in [0, 0.1) is 0 Å². The molecule has 0 bridgehead atoms. The number of nitrogen functional groups attached to an aromatic ring is 1. The van der Waals surface area contributed by atoms with Gasteiger partial charge in [0, 0.05) is 8.95 Å². The Labute approximate surface area is 133 Å². The molecule has 0 saturated carbocycles. The van der Waals surface area contributed by atoms with Crippen LogP contribution >= 0.6 is 31.9 Å². The van der Waals surface area contributed by atoms with E-state index in [9.17, 15) is 8.42 Å². The second kappa shape index (κ2) is 5.72. The van der Waals surface area contributed by atoms with Gasteiger partial charge in [0.25, 0.3) is 0 Å². The van der Waals surface area contributed by atoms with E-state index in [2.05, 4.69) is 37.2 Å². The average molecular weight is 421 g/mol. The Bertz CT molecular complexity index is 763. The maximum absolute atomic E-state index is 11.2. The summed E-state index contributed by atoms with van der Waals surface area (Å²) in [5.74, 6) is 0. The van der Waals surface area contributed by atoms with Crippen molar-refractivity contribution in [2.45, 2.75) is 4.90 Å². The summed E-state index contributed by atoms with van der Waals surface area (Å²) in [6.45, 7) is 0. The van der Waals surface area contributed by atoms with E-state index in [0.717, 1.165) is 14.6 Å². The van der Waals surface area contributed by atoms with Gasteiger partial charge in [-0.3, -0.25) is 0 Å². The normalized spacial score (nSPS) is 11.3. The Balaban J connectivity index is 2.38. The molecule has 0 aliphatic heterocycles. The maximum Gasteiger partial charge on any atom is 0.238 e. The van der Waals surface area contributed by atoms with E-state index >= 15 is 0 Å². The number of hydrogen-bond acceptors (Lipinski definition) is 4. The minimum atomic E-state index is -3.75. The van der Waals surface area contributed by atoms with Crippen molar-refractivity contribution < 1.29 is 8.42 Å². The van der Waals surface area contributed by atoms with Crippen molar-refractivity contribution in [2.75, 3.05) is 11.1 Å². The lowest BCUT2D eigenvalue weighted by Gasteiger charge is -2.12. The zero-order valence-electron chi connectivity index (χ0n) is 10.1. The van der Waals surface area contributed by atoms with Crippen LogP contribution in [-0.2, 0) is 10.0 Å². The number of anilines is 3. The van der Waals surface area contributed by atoms with Crippen LogP contribution in [0.15, 0.2) is 50.2 Å². The average Bonchev–Trinajstić information content (AvgIpc) is 2.35. The smallest absolute Gasteiger partial charge is 0.238 e. The molecule has 0 saturated heterocycles. The molecule has 5 N–H and O–H groups in total. The minimum Gasteiger partial charge on any atom is -0.397 e. The van der Waals surface area contributed by atoms with Crippen LogP contribution in [0.5, 0.6) is 0 Å². The zero-order chi connectivity index (χ0) is 14.9. The quantitative estimate of drug-likeness (QED) is 0.664. The van der Waals surface area contributed by atoms with Crippen LogP contribution in [0.25, 0.3) is 0 Å². The minimum absolute atomic E-state index is 0.0196. The van der Waals surface area contributed by atoms with Crippen LogP contribution in [-0.4, -0.2) is 8.42 Å². The Morgan fingerprint density at radius 3 is 2.30 bits per heavy atom. The van der Waals surface area contributed by atoms with Crippen molar-refractivity contribution in [3.63, 3.8) is 0 Å². The summed E-state index contributed by atoms with van der Waals surface area (Å²) in [5.41, 5.74) is 7.53. The summed E-state index contributed by atoms with van der Waals surface area (Å²) in [7, 11) is -3.75. The van der Waals surface area contributed by atoms with Gasteiger partial charge >= 0.3 is 0 Å². The van der Waals surface area contributed by atoms with Gasteiger partial charge in [0.1, 0.15) is 0 Å². The largest absolute Gasteiger partial charge is 0.397 e. The van der Waals surface area contributed by atoms with Crippen molar-refractivity contribution in [3.05, 3.63) is 45.3 Å². The lowest BCUT2D eigenvalue weighted by molar-refractivity contribution is 0.598. The van der Waals surface area contributed by atoms with Crippen molar-refractivity contribution in [1.29, 1.82) is 0 Å². The molecule has 2 aromatic carbocycles. The van der Waals surface area contributed by atoms with E-state index in [1.165, 1.54) is 12.1 Å². The highest BCUT2D eigenvalue weighted by Gasteiger charge is 2.11. The predicted molar refractivity (Wildman–Crippen MR) is 87.4 cm³/mol. The van der Waals surface area contributed by atoms with Gasteiger partial charge in [0.2, 0.25) is 10.0 Å². The van der Waals surface area contributed by atoms with Crippen molar-refractivity contribution in [2.24, 2.45) is 5.14 Å². The fourth-order valence-corrected chi connectivity index (χ4v) is 2.83. The van der Waals surface area contributed by atoms with Crippen molar-refractivity contribution in [1.82, 2.24) is 0 Å². The van der Waals surface area contributed by atoms with E-state index in [-0.39, 0.29) is 4.90 Å². The van der Waals surface area contributed by atoms with E-state index in [0.29, 0.717) is 11.4 Å². The van der Waals surface area contributed by atoms with E-state index < -0.39 is 10.0 Å². The molecule has 0 aliphatic carbocycles. The number of nitrogens with two attached hydrogens (primary N) is 2. The number of primary sulfonamides is 1. The van der Waals surface area contributed by atoms with Crippen LogP contribution in [0.1, 0.15) is 0 Å². The van der Waals surface area contributed by atoms with Crippen LogP contribution < -0.4 is 16.2 Å². The van der Waals surface area contributed by atoms with Gasteiger partial charge < -0.3 is 11.1 Å². The molecule has 0 amide bonds. The number of rotatable bonds is 3. The predicted octanol–water partition coefficient (Wildman–Crippen LogP) is 3.18. The molecule has 106 valence electrons. The molecule has 5 nitrogen and oxygen atoms in total. The lowest BCUT2D eigenvalue weighted by Crippen LogP contribution is -2.12. The van der Waals surface area contributed by atoms with Gasteiger partial charge in [-0.1, -0.05) is 15.9 Å². The molecule has 0 aromatic heterocycles. The van der Waals surface area contributed by atoms with E-state index in [4.69, 9.17) is 10.9 Å². The van der Waals surface area contributed by atoms with Gasteiger partial charge in [0.15, 0.2) is 0 Å². The van der Waals surface area contributed by atoms with Gasteiger partial charge in [-0.2, -0.15) is 0 Å². The molecule has 0 atom stereocenters. The molecular weight excluding hydrogens is 410 g/mol. The van der Waals surface area contributed by atoms with Crippen molar-refractivity contribution in [3.8, 4) is 0 Å². The highest BCUT2D eigenvalue weighted by molar-refractivity contribution is 9.11. The second-order valence-corrected chi connectivity index (χ2v) is 7.37. The number of halogens is 2. The topological polar surface area (TPSA) is 98.2 Å². The summed E-state index contributed by atoms with van der Waals surface area (Å²) in [6, 6.07) is 9.94. The Kier molecular flexibility index (Phi) is 4.38. The first kappa shape index (κ1) is 15.3. The zero-order valence-corrected chi connectivity index (χ0v) is 14.1. The first-order valence-electron chi connectivity index (χ1n) is 5.42. The van der Waals surface area contributed by atoms with Gasteiger partial charge in [-0.05, 0) is 52.3 Å². The first-order valence-corrected chi connectivity index (χ1v) is 8.55. The van der Waals surface area contributed by atoms with Crippen LogP contribution in [0.4, 0.5) is 17.1 Å². The number of sulfonamides is 1. The van der Waals surface area contributed by atoms with Gasteiger partial charge in [-0.15, -0.1) is 0 Å². The van der Waals surface area contributed by atoms with Crippen molar-refractivity contribution >= 4 is 58.9 Å². The summed E-state index contributed by atoms with van der Waals surface area (Å²) >= 11 is 6.80. The summed E-state index contributed by atoms with van der Waals surface area (Å²) in [6.07, 6.45) is 0. The second-order valence-electron chi connectivity index (χ2n) is 4.04. The molecule has 2 aromatic rings. The highest BCUT2D eigenvalue weighted by atomic mass is 79.9. The van der Waals surface area contributed by atoms with E-state index in [1.807, 2.05) is 18.2 Å². The summed E-state index contributed by atoms with van der Waals surface area (Å²) in [4.78, 5) is -0.0196. The third-order valence-corrected chi connectivity index (χ3v) is 4.65. The molecule has 0 spiro atoms. The Hall–Kier alpha value is -1.09. The van der Waals surface area contributed by atoms with Gasteiger partial charge in [0.05, 0.1) is 22.0 Å². The number of nitrogens with one attached hydrogen (secondary N) is 1. The third kappa shape index (κ3) is 3.51. The number of hydrogen-bond donors (Lipinski definition) is 3. The maximum atomic E-state index is 11.2. The molecule has 0 unspecified atom stereocenters. The third-order valence-electron chi connectivity index (χ3n) is 2.55. The monoisotopic (exact) mass is 419 g/mol. The highest BCUT2D eigenvalue weighted by Crippen LogP contribution is 2.31. The van der Waals surface area contributed by atoms with Gasteiger partial charge in [-0.25, -0.2) is 13.6 Å². The SMILES string of the molecule is Nc1cc(S(N)(=O)=O)ccc1Nc1cc(Br)ccc1Br. The molecule has 0 aliphatic rings. The van der Waals surface area contributed by atoms with E-state index in [1.54, 1.807) is 6.07 Å². The number of benzene rings is 2. The lowest BCUT2D eigenvalue weighted by atomic mass is 10.2. The fraction of sp³-hybridized carbons (Fsp3) is 0. The van der Waals surface area contributed by atoms with Crippen LogP contribution in [0.2, 0.25) is 0 Å². The standard InChI is InChI=1S/C12H11Br2N3O2S/c13-7-1-3-9(14)12(5-7)17-11-4-2-8(6-10(11)15)20(16,18)19/h1-6,17H,15H2,(H2,16,18,19). The molecular formula is C12H11Br2N3O2S. The molecule has 20 heavy (non-hydrogen) atoms. The first-order chi connectivity index (χ1) is 9.27. The van der Waals surface area contributed by atoms with Crippen LogP contribution in [0.3, 0.4) is 0 Å².